The van der Waals surface area contributed by atoms with Crippen LogP contribution in [0.15, 0.2) is 60.0 Å². The molecule has 1 aromatic carbocycles. The van der Waals surface area contributed by atoms with Gasteiger partial charge in [-0.2, -0.15) is 9.97 Å². The van der Waals surface area contributed by atoms with Gasteiger partial charge in [-0.1, -0.05) is 12.1 Å². The highest BCUT2D eigenvalue weighted by molar-refractivity contribution is 5.80. The highest BCUT2D eigenvalue weighted by Gasteiger charge is 2.33. The van der Waals surface area contributed by atoms with E-state index in [1.165, 1.54) is 11.4 Å². The Hall–Kier alpha value is -4.38. The van der Waals surface area contributed by atoms with Gasteiger partial charge in [-0.15, -0.1) is 6.58 Å². The van der Waals surface area contributed by atoms with Gasteiger partial charge in [0.1, 0.15) is 5.39 Å². The van der Waals surface area contributed by atoms with Crippen molar-refractivity contribution in [3.8, 4) is 11.7 Å². The summed E-state index contributed by atoms with van der Waals surface area (Å²) in [4.78, 5) is 34.2. The van der Waals surface area contributed by atoms with Gasteiger partial charge >= 0.3 is 0 Å². The Morgan fingerprint density at radius 2 is 2.00 bits per heavy atom. The third-order valence-corrected chi connectivity index (χ3v) is 7.24. The molecule has 0 spiro atoms. The molecule has 11 heteroatoms. The number of likely N-dealkylation sites (N-methyl/N-ethyl adjacent to an activating group) is 2. The minimum Gasteiger partial charge on any atom is -0.481 e. The number of hydrogen-bond donors (Lipinski definition) is 1. The summed E-state index contributed by atoms with van der Waals surface area (Å²) in [6.45, 7) is 8.17. The van der Waals surface area contributed by atoms with Crippen LogP contribution >= 0.6 is 0 Å². The van der Waals surface area contributed by atoms with E-state index in [1.54, 1.807) is 34.8 Å². The Kier molecular flexibility index (Phi) is 5.99. The van der Waals surface area contributed by atoms with E-state index in [0.717, 1.165) is 31.9 Å². The average molecular weight is 514 g/mol. The lowest BCUT2D eigenvalue weighted by Crippen LogP contribution is -2.58. The van der Waals surface area contributed by atoms with Crippen LogP contribution < -0.4 is 25.4 Å². The van der Waals surface area contributed by atoms with Crippen LogP contribution in [0, 0.1) is 0 Å². The molecular formula is C27H31N9O2. The van der Waals surface area contributed by atoms with Crippen LogP contribution in [-0.2, 0) is 6.54 Å². The molecule has 0 saturated carbocycles. The molecule has 196 valence electrons. The summed E-state index contributed by atoms with van der Waals surface area (Å²) in [5.74, 6) is 1.35. The van der Waals surface area contributed by atoms with E-state index in [2.05, 4.69) is 62.8 Å². The van der Waals surface area contributed by atoms with Crippen LogP contribution in [0.2, 0.25) is 0 Å². The standard InChI is InChI=1S/C27H31N9O2/c1-5-11-35-26(37)20-15-28-27(31-25(20)36(35)23-7-6-8-24(30-23)38-4)29-18-9-10-21-22(14-18)34-13-12-32(2)16-19(34)17-33(21)3/h5-10,14-15,19H,1,11-13,16-17H2,2-4H3,(H,28,29,31)/t19-/m0/s1. The zero-order valence-electron chi connectivity index (χ0n) is 21.8. The third-order valence-electron chi connectivity index (χ3n) is 7.24. The Morgan fingerprint density at radius 1 is 1.13 bits per heavy atom. The molecule has 4 aromatic rings. The Bertz CT molecular complexity index is 1580. The van der Waals surface area contributed by atoms with Crippen LogP contribution in [0.5, 0.6) is 5.88 Å². The van der Waals surface area contributed by atoms with Crippen molar-refractivity contribution >= 4 is 34.0 Å². The van der Waals surface area contributed by atoms with Gasteiger partial charge in [-0.3, -0.25) is 4.79 Å². The molecule has 0 amide bonds. The highest BCUT2D eigenvalue weighted by atomic mass is 16.5. The summed E-state index contributed by atoms with van der Waals surface area (Å²) in [6.07, 6.45) is 3.23. The van der Waals surface area contributed by atoms with Gasteiger partial charge in [0.15, 0.2) is 11.5 Å². The van der Waals surface area contributed by atoms with Gasteiger partial charge in [0.05, 0.1) is 31.1 Å². The van der Waals surface area contributed by atoms with Crippen molar-refractivity contribution in [1.29, 1.82) is 0 Å². The fourth-order valence-electron chi connectivity index (χ4n) is 5.43. The summed E-state index contributed by atoms with van der Waals surface area (Å²) in [7, 11) is 5.89. The van der Waals surface area contributed by atoms with Gasteiger partial charge in [0, 0.05) is 51.2 Å². The number of allylic oxidation sites excluding steroid dienone is 1. The van der Waals surface area contributed by atoms with Crippen molar-refractivity contribution in [2.24, 2.45) is 0 Å². The number of anilines is 4. The maximum atomic E-state index is 13.2. The molecule has 1 N–H and O–H groups in total. The predicted molar refractivity (Wildman–Crippen MR) is 149 cm³/mol. The second-order valence-electron chi connectivity index (χ2n) is 9.78. The molecule has 6 rings (SSSR count). The first-order chi connectivity index (χ1) is 18.5. The van der Waals surface area contributed by atoms with Crippen molar-refractivity contribution in [1.82, 2.24) is 29.2 Å². The third kappa shape index (κ3) is 4.04. The number of piperazine rings is 1. The van der Waals surface area contributed by atoms with E-state index in [9.17, 15) is 4.79 Å². The molecule has 0 aliphatic carbocycles. The molecule has 1 atom stereocenters. The van der Waals surface area contributed by atoms with Crippen LogP contribution in [0.4, 0.5) is 23.0 Å². The lowest BCUT2D eigenvalue weighted by Gasteiger charge is -2.48. The second kappa shape index (κ2) is 9.49. The molecule has 1 fully saturated rings. The van der Waals surface area contributed by atoms with Crippen molar-refractivity contribution in [2.75, 3.05) is 62.5 Å². The van der Waals surface area contributed by atoms with E-state index >= 15 is 0 Å². The molecule has 2 aliphatic heterocycles. The van der Waals surface area contributed by atoms with Crippen molar-refractivity contribution in [3.05, 3.63) is 65.6 Å². The number of benzene rings is 1. The largest absolute Gasteiger partial charge is 0.481 e. The van der Waals surface area contributed by atoms with E-state index in [0.29, 0.717) is 41.3 Å². The first-order valence-corrected chi connectivity index (χ1v) is 12.6. The molecular weight excluding hydrogens is 482 g/mol. The minimum absolute atomic E-state index is 0.214. The van der Waals surface area contributed by atoms with Gasteiger partial charge in [0.2, 0.25) is 11.8 Å². The lowest BCUT2D eigenvalue weighted by molar-refractivity contribution is 0.265. The molecule has 2 aliphatic rings. The summed E-state index contributed by atoms with van der Waals surface area (Å²) in [5, 5.41) is 3.76. The fourth-order valence-corrected chi connectivity index (χ4v) is 5.43. The molecule has 3 aromatic heterocycles. The number of hydrogen-bond acceptors (Lipinski definition) is 9. The van der Waals surface area contributed by atoms with Gasteiger partial charge < -0.3 is 24.8 Å². The van der Waals surface area contributed by atoms with Crippen LogP contribution in [0.3, 0.4) is 0 Å². The maximum Gasteiger partial charge on any atom is 0.278 e. The number of fused-ring (bicyclic) bond motifs is 4. The average Bonchev–Trinajstić information content (AvgIpc) is 3.19. The zero-order valence-corrected chi connectivity index (χ0v) is 21.8. The molecule has 0 radical (unpaired) electrons. The topological polar surface area (TPSA) is 96.6 Å². The van der Waals surface area contributed by atoms with E-state index in [-0.39, 0.29) is 5.56 Å². The number of rotatable bonds is 6. The summed E-state index contributed by atoms with van der Waals surface area (Å²) in [5.41, 5.74) is 3.54. The van der Waals surface area contributed by atoms with E-state index in [4.69, 9.17) is 9.72 Å². The van der Waals surface area contributed by atoms with Gasteiger partial charge in [-0.05, 0) is 31.3 Å². The Balaban J connectivity index is 1.40. The van der Waals surface area contributed by atoms with Crippen molar-refractivity contribution in [3.63, 3.8) is 0 Å². The van der Waals surface area contributed by atoms with E-state index in [1.807, 2.05) is 18.2 Å². The monoisotopic (exact) mass is 513 g/mol. The quantitative estimate of drug-likeness (QED) is 0.390. The fraction of sp³-hybridized carbons (Fsp3) is 0.333. The summed E-state index contributed by atoms with van der Waals surface area (Å²) < 4.78 is 8.53. The predicted octanol–water partition coefficient (Wildman–Crippen LogP) is 2.49. The van der Waals surface area contributed by atoms with Gasteiger partial charge in [-0.25, -0.2) is 14.3 Å². The maximum absolute atomic E-state index is 13.2. The van der Waals surface area contributed by atoms with Crippen LogP contribution in [0.1, 0.15) is 0 Å². The number of ether oxygens (including phenoxy) is 1. The number of nitrogens with zero attached hydrogens (tertiary/aromatic N) is 8. The number of methoxy groups -OCH3 is 1. The van der Waals surface area contributed by atoms with E-state index < -0.39 is 0 Å². The molecule has 11 nitrogen and oxygen atoms in total. The minimum atomic E-state index is -0.214. The van der Waals surface area contributed by atoms with Crippen molar-refractivity contribution in [2.45, 2.75) is 12.6 Å². The zero-order chi connectivity index (χ0) is 26.4. The Labute approximate surface area is 220 Å². The van der Waals surface area contributed by atoms with Crippen molar-refractivity contribution < 1.29 is 4.74 Å². The SMILES string of the molecule is C=CCn1c(=O)c2cnc(Nc3ccc4c(c3)N3CCN(C)C[C@H]3CN4C)nc2n1-c1cccc(OC)n1. The molecule has 0 unspecified atom stereocenters. The number of pyridine rings is 1. The first kappa shape index (κ1) is 24.0. The normalized spacial score (nSPS) is 17.3. The number of aromatic nitrogens is 5. The Morgan fingerprint density at radius 3 is 2.82 bits per heavy atom. The molecule has 1 saturated heterocycles. The number of nitrogens with one attached hydrogen (secondary N) is 1. The second-order valence-corrected chi connectivity index (χ2v) is 9.78. The molecule has 38 heavy (non-hydrogen) atoms. The first-order valence-electron chi connectivity index (χ1n) is 12.6. The van der Waals surface area contributed by atoms with Crippen LogP contribution in [-0.4, -0.2) is 82.6 Å². The van der Waals surface area contributed by atoms with Crippen LogP contribution in [0.25, 0.3) is 16.9 Å². The summed E-state index contributed by atoms with van der Waals surface area (Å²) in [6, 6.07) is 12.2. The highest BCUT2D eigenvalue weighted by Crippen LogP contribution is 2.38. The molecule has 0 bridgehead atoms. The summed E-state index contributed by atoms with van der Waals surface area (Å²) >= 11 is 0. The molecule has 5 heterocycles. The van der Waals surface area contributed by atoms with Gasteiger partial charge in [0.25, 0.3) is 5.56 Å². The lowest BCUT2D eigenvalue weighted by atomic mass is 10.0. The smallest absolute Gasteiger partial charge is 0.278 e.